The average molecular weight is 191 g/mol. The summed E-state index contributed by atoms with van der Waals surface area (Å²) in [5, 5.41) is 16.8. The first kappa shape index (κ1) is 9.16. The first-order chi connectivity index (χ1) is 6.83. The number of nitrogens with zero attached hydrogens (tertiary/aromatic N) is 4. The Kier molecular flexibility index (Phi) is 2.46. The van der Waals surface area contributed by atoms with Crippen LogP contribution in [0.1, 0.15) is 31.0 Å². The fourth-order valence-corrected chi connectivity index (χ4v) is 1.98. The van der Waals surface area contributed by atoms with Crippen molar-refractivity contribution in [3.8, 4) is 6.07 Å². The minimum Gasteiger partial charge on any atom is -0.330 e. The second-order valence-electron chi connectivity index (χ2n) is 3.73. The summed E-state index contributed by atoms with van der Waals surface area (Å²) in [7, 11) is 0. The molecule has 0 spiro atoms. The van der Waals surface area contributed by atoms with Crippen molar-refractivity contribution in [3.63, 3.8) is 0 Å². The highest BCUT2D eigenvalue weighted by Gasteiger charge is 2.26. The van der Waals surface area contributed by atoms with Gasteiger partial charge in [0.2, 0.25) is 0 Å². The zero-order chi connectivity index (χ0) is 9.97. The van der Waals surface area contributed by atoms with Gasteiger partial charge in [-0.3, -0.25) is 0 Å². The van der Waals surface area contributed by atoms with Crippen LogP contribution in [0.3, 0.4) is 0 Å². The normalized spacial score (nSPS) is 26.3. The van der Waals surface area contributed by atoms with Gasteiger partial charge in [-0.25, -0.2) is 0 Å². The van der Waals surface area contributed by atoms with Crippen LogP contribution in [0, 0.1) is 17.2 Å². The van der Waals surface area contributed by atoms with Crippen LogP contribution in [0.15, 0.2) is 6.20 Å². The highest BCUT2D eigenvalue weighted by molar-refractivity contribution is 5.12. The maximum atomic E-state index is 8.61. The maximum Gasteiger partial charge on any atom is 0.182 e. The van der Waals surface area contributed by atoms with Gasteiger partial charge < -0.3 is 5.73 Å². The molecule has 1 fully saturated rings. The van der Waals surface area contributed by atoms with Crippen molar-refractivity contribution >= 4 is 0 Å². The Morgan fingerprint density at radius 2 is 2.50 bits per heavy atom. The van der Waals surface area contributed by atoms with Crippen LogP contribution in [0.2, 0.25) is 0 Å². The van der Waals surface area contributed by atoms with E-state index in [2.05, 4.69) is 10.2 Å². The Morgan fingerprint density at radius 1 is 1.64 bits per heavy atom. The molecule has 14 heavy (non-hydrogen) atoms. The first-order valence-corrected chi connectivity index (χ1v) is 4.85. The molecular weight excluding hydrogens is 178 g/mol. The number of hydrogen-bond donors (Lipinski definition) is 1. The molecule has 1 aromatic heterocycles. The molecule has 1 aliphatic carbocycles. The van der Waals surface area contributed by atoms with E-state index in [1.807, 2.05) is 6.07 Å². The lowest BCUT2D eigenvalue weighted by atomic mass is 10.1. The number of rotatable bonds is 2. The highest BCUT2D eigenvalue weighted by Crippen LogP contribution is 2.32. The third kappa shape index (κ3) is 1.61. The summed E-state index contributed by atoms with van der Waals surface area (Å²) in [6.07, 6.45) is 4.76. The Labute approximate surface area is 82.5 Å². The topological polar surface area (TPSA) is 80.5 Å². The molecule has 0 aliphatic heterocycles. The van der Waals surface area contributed by atoms with Gasteiger partial charge in [0.1, 0.15) is 6.07 Å². The molecule has 5 heteroatoms. The first-order valence-electron chi connectivity index (χ1n) is 4.85. The molecule has 0 radical (unpaired) electrons. The number of nitrogens with two attached hydrogens (primary N) is 1. The van der Waals surface area contributed by atoms with E-state index in [4.69, 9.17) is 11.0 Å². The zero-order valence-corrected chi connectivity index (χ0v) is 7.93. The van der Waals surface area contributed by atoms with Crippen molar-refractivity contribution in [1.82, 2.24) is 15.0 Å². The van der Waals surface area contributed by atoms with E-state index in [-0.39, 0.29) is 0 Å². The van der Waals surface area contributed by atoms with E-state index in [9.17, 15) is 0 Å². The minimum atomic E-state index is 0.339. The van der Waals surface area contributed by atoms with Gasteiger partial charge in [-0.2, -0.15) is 15.2 Å². The van der Waals surface area contributed by atoms with E-state index in [0.717, 1.165) is 25.8 Å². The Morgan fingerprint density at radius 3 is 3.07 bits per heavy atom. The highest BCUT2D eigenvalue weighted by atomic mass is 15.5. The van der Waals surface area contributed by atoms with E-state index >= 15 is 0 Å². The minimum absolute atomic E-state index is 0.339. The standard InChI is InChI=1S/C9H13N5/c10-4-7-1-2-9(3-7)14-12-6-8(5-11)13-14/h6-7,9H,1-4,10H2. The average Bonchev–Trinajstić information content (AvgIpc) is 2.86. The fraction of sp³-hybridized carbons (Fsp3) is 0.667. The molecule has 2 N–H and O–H groups in total. The quantitative estimate of drug-likeness (QED) is 0.735. The molecule has 5 nitrogen and oxygen atoms in total. The summed E-state index contributed by atoms with van der Waals surface area (Å²) >= 11 is 0. The smallest absolute Gasteiger partial charge is 0.182 e. The third-order valence-electron chi connectivity index (χ3n) is 2.80. The molecule has 2 rings (SSSR count). The van der Waals surface area contributed by atoms with Gasteiger partial charge in [-0.1, -0.05) is 0 Å². The van der Waals surface area contributed by atoms with E-state index < -0.39 is 0 Å². The van der Waals surface area contributed by atoms with Crippen LogP contribution in [-0.2, 0) is 0 Å². The Bertz CT molecular complexity index is 350. The van der Waals surface area contributed by atoms with Gasteiger partial charge in [-0.15, -0.1) is 5.10 Å². The predicted molar refractivity (Wildman–Crippen MR) is 50.2 cm³/mol. The molecule has 1 aliphatic rings. The lowest BCUT2D eigenvalue weighted by molar-refractivity contribution is 0.397. The van der Waals surface area contributed by atoms with Crippen molar-refractivity contribution in [2.24, 2.45) is 11.7 Å². The summed E-state index contributed by atoms with van der Waals surface area (Å²) in [4.78, 5) is 1.66. The fourth-order valence-electron chi connectivity index (χ4n) is 1.98. The summed E-state index contributed by atoms with van der Waals surface area (Å²) in [5.41, 5.74) is 5.99. The molecule has 2 unspecified atom stereocenters. The van der Waals surface area contributed by atoms with Crippen LogP contribution < -0.4 is 5.73 Å². The maximum absolute atomic E-state index is 8.61. The van der Waals surface area contributed by atoms with Crippen molar-refractivity contribution in [3.05, 3.63) is 11.9 Å². The number of nitriles is 1. The summed E-state index contributed by atoms with van der Waals surface area (Å²) < 4.78 is 0. The van der Waals surface area contributed by atoms with Gasteiger partial charge in [0.05, 0.1) is 12.2 Å². The molecule has 1 heterocycles. The monoisotopic (exact) mass is 191 g/mol. The molecule has 0 saturated heterocycles. The lowest BCUT2D eigenvalue weighted by Crippen LogP contribution is -2.13. The van der Waals surface area contributed by atoms with Crippen molar-refractivity contribution in [2.75, 3.05) is 6.54 Å². The molecule has 2 atom stereocenters. The molecular formula is C9H13N5. The lowest BCUT2D eigenvalue weighted by Gasteiger charge is -2.08. The van der Waals surface area contributed by atoms with Gasteiger partial charge in [0.15, 0.2) is 5.69 Å². The SMILES string of the molecule is N#Cc1cnn(C2CCC(CN)C2)n1. The molecule has 1 aromatic rings. The Hall–Kier alpha value is -1.41. The molecule has 74 valence electrons. The zero-order valence-electron chi connectivity index (χ0n) is 7.93. The van der Waals surface area contributed by atoms with Crippen molar-refractivity contribution in [2.45, 2.75) is 25.3 Å². The van der Waals surface area contributed by atoms with Gasteiger partial charge in [0, 0.05) is 0 Å². The van der Waals surface area contributed by atoms with E-state index in [1.54, 1.807) is 4.80 Å². The second kappa shape index (κ2) is 3.76. The van der Waals surface area contributed by atoms with Crippen molar-refractivity contribution < 1.29 is 0 Å². The van der Waals surface area contributed by atoms with Crippen LogP contribution in [-0.4, -0.2) is 21.5 Å². The van der Waals surface area contributed by atoms with E-state index in [1.165, 1.54) is 6.20 Å². The summed E-state index contributed by atoms with van der Waals surface area (Å²) in [6.45, 7) is 0.739. The second-order valence-corrected chi connectivity index (χ2v) is 3.73. The number of aromatic nitrogens is 3. The van der Waals surface area contributed by atoms with Crippen LogP contribution >= 0.6 is 0 Å². The van der Waals surface area contributed by atoms with Gasteiger partial charge >= 0.3 is 0 Å². The third-order valence-corrected chi connectivity index (χ3v) is 2.80. The molecule has 0 amide bonds. The van der Waals surface area contributed by atoms with Gasteiger partial charge in [-0.05, 0) is 31.7 Å². The van der Waals surface area contributed by atoms with E-state index in [0.29, 0.717) is 17.7 Å². The van der Waals surface area contributed by atoms with Crippen LogP contribution in [0.4, 0.5) is 0 Å². The molecule has 0 bridgehead atoms. The molecule has 0 aromatic carbocycles. The van der Waals surface area contributed by atoms with Crippen LogP contribution in [0.25, 0.3) is 0 Å². The summed E-state index contributed by atoms with van der Waals surface area (Å²) in [6, 6.07) is 2.32. The predicted octanol–water partition coefficient (Wildman–Crippen LogP) is 0.450. The Balaban J connectivity index is 2.06. The molecule has 1 saturated carbocycles. The van der Waals surface area contributed by atoms with Gasteiger partial charge in [0.25, 0.3) is 0 Å². The number of hydrogen-bond acceptors (Lipinski definition) is 4. The summed E-state index contributed by atoms with van der Waals surface area (Å²) in [5.74, 6) is 0.594. The van der Waals surface area contributed by atoms with Crippen molar-refractivity contribution in [1.29, 1.82) is 5.26 Å². The van der Waals surface area contributed by atoms with Crippen LogP contribution in [0.5, 0.6) is 0 Å². The largest absolute Gasteiger partial charge is 0.330 e.